The standard InChI is InChI=1S/C20H30O2/c1-15(2)16-11-13-18(14-12-16)22-20(6,19(3,4)5)21-17-9-7-8-10-17/h11-14,17H,1,7-10H2,2-6H3. The molecule has 0 spiro atoms. The van der Waals surface area contributed by atoms with Gasteiger partial charge in [-0.3, -0.25) is 0 Å². The lowest BCUT2D eigenvalue weighted by molar-refractivity contribution is -0.252. The van der Waals surface area contributed by atoms with Gasteiger partial charge in [0.2, 0.25) is 5.79 Å². The number of hydrogen-bond donors (Lipinski definition) is 0. The maximum atomic E-state index is 6.41. The maximum absolute atomic E-state index is 6.41. The predicted molar refractivity (Wildman–Crippen MR) is 93.0 cm³/mol. The van der Waals surface area contributed by atoms with Crippen molar-refractivity contribution in [1.82, 2.24) is 0 Å². The Morgan fingerprint density at radius 2 is 1.59 bits per heavy atom. The van der Waals surface area contributed by atoms with Crippen LogP contribution in [0.1, 0.15) is 65.9 Å². The van der Waals surface area contributed by atoms with Crippen LogP contribution in [0.15, 0.2) is 30.8 Å². The molecule has 2 rings (SSSR count). The molecular formula is C20H30O2. The van der Waals surface area contributed by atoms with Gasteiger partial charge in [-0.15, -0.1) is 0 Å². The van der Waals surface area contributed by atoms with Gasteiger partial charge in [0, 0.05) is 12.3 Å². The van der Waals surface area contributed by atoms with Gasteiger partial charge in [-0.1, -0.05) is 57.9 Å². The van der Waals surface area contributed by atoms with Gasteiger partial charge in [-0.05, 0) is 37.5 Å². The third-order valence-electron chi connectivity index (χ3n) is 4.72. The topological polar surface area (TPSA) is 18.5 Å². The van der Waals surface area contributed by atoms with Crippen molar-refractivity contribution in [3.8, 4) is 5.75 Å². The van der Waals surface area contributed by atoms with Crippen LogP contribution in [-0.4, -0.2) is 11.9 Å². The van der Waals surface area contributed by atoms with Crippen LogP contribution in [0.25, 0.3) is 5.57 Å². The Labute approximate surface area is 135 Å². The summed E-state index contributed by atoms with van der Waals surface area (Å²) in [5.74, 6) is 0.215. The monoisotopic (exact) mass is 302 g/mol. The molecule has 1 aromatic rings. The summed E-state index contributed by atoms with van der Waals surface area (Å²) in [5.41, 5.74) is 2.09. The second kappa shape index (κ2) is 6.45. The van der Waals surface area contributed by atoms with Crippen LogP contribution in [0, 0.1) is 5.41 Å². The molecule has 22 heavy (non-hydrogen) atoms. The molecule has 0 aromatic heterocycles. The summed E-state index contributed by atoms with van der Waals surface area (Å²) >= 11 is 0. The maximum Gasteiger partial charge on any atom is 0.212 e. The van der Waals surface area contributed by atoms with E-state index in [1.54, 1.807) is 0 Å². The Morgan fingerprint density at radius 3 is 2.05 bits per heavy atom. The second-order valence-electron chi connectivity index (χ2n) is 7.63. The van der Waals surface area contributed by atoms with Crippen LogP contribution in [0.4, 0.5) is 0 Å². The molecule has 1 fully saturated rings. The van der Waals surface area contributed by atoms with Crippen LogP contribution < -0.4 is 4.74 Å². The van der Waals surface area contributed by atoms with Crippen molar-refractivity contribution in [3.05, 3.63) is 36.4 Å². The summed E-state index contributed by atoms with van der Waals surface area (Å²) in [6.07, 6.45) is 5.13. The van der Waals surface area contributed by atoms with Crippen LogP contribution in [0.2, 0.25) is 0 Å². The number of ether oxygens (including phenoxy) is 2. The fourth-order valence-corrected chi connectivity index (χ4v) is 2.71. The van der Waals surface area contributed by atoms with Crippen LogP contribution in [-0.2, 0) is 4.74 Å². The normalized spacial score (nSPS) is 19.0. The summed E-state index contributed by atoms with van der Waals surface area (Å²) in [6.45, 7) is 14.6. The lowest BCUT2D eigenvalue weighted by Crippen LogP contribution is -2.49. The van der Waals surface area contributed by atoms with Crippen LogP contribution >= 0.6 is 0 Å². The van der Waals surface area contributed by atoms with Gasteiger partial charge in [-0.25, -0.2) is 0 Å². The Bertz CT molecular complexity index is 504. The van der Waals surface area contributed by atoms with Gasteiger partial charge in [0.1, 0.15) is 5.75 Å². The first kappa shape index (κ1) is 17.1. The molecule has 0 aliphatic heterocycles. The molecule has 0 N–H and O–H groups in total. The summed E-state index contributed by atoms with van der Waals surface area (Å²) in [7, 11) is 0. The van der Waals surface area contributed by atoms with Crippen molar-refractivity contribution in [1.29, 1.82) is 0 Å². The van der Waals surface area contributed by atoms with E-state index in [0.717, 1.165) is 29.7 Å². The molecule has 122 valence electrons. The van der Waals surface area contributed by atoms with E-state index in [0.29, 0.717) is 6.10 Å². The van der Waals surface area contributed by atoms with Crippen molar-refractivity contribution in [2.24, 2.45) is 5.41 Å². The van der Waals surface area contributed by atoms with Crippen molar-refractivity contribution in [2.75, 3.05) is 0 Å². The van der Waals surface area contributed by atoms with E-state index in [4.69, 9.17) is 9.47 Å². The molecule has 0 bridgehead atoms. The Morgan fingerprint density at radius 1 is 1.05 bits per heavy atom. The van der Waals surface area contributed by atoms with Gasteiger partial charge >= 0.3 is 0 Å². The minimum absolute atomic E-state index is 0.109. The number of allylic oxidation sites excluding steroid dienone is 1. The van der Waals surface area contributed by atoms with Gasteiger partial charge in [0.05, 0.1) is 6.10 Å². The van der Waals surface area contributed by atoms with Gasteiger partial charge in [0.25, 0.3) is 0 Å². The molecule has 1 saturated carbocycles. The molecule has 2 heteroatoms. The van der Waals surface area contributed by atoms with Crippen molar-refractivity contribution < 1.29 is 9.47 Å². The molecule has 0 heterocycles. The van der Waals surface area contributed by atoms with Crippen molar-refractivity contribution >= 4 is 5.57 Å². The second-order valence-corrected chi connectivity index (χ2v) is 7.63. The summed E-state index contributed by atoms with van der Waals surface area (Å²) < 4.78 is 12.7. The smallest absolute Gasteiger partial charge is 0.212 e. The van der Waals surface area contributed by atoms with Crippen LogP contribution in [0.3, 0.4) is 0 Å². The minimum atomic E-state index is -0.632. The molecular weight excluding hydrogens is 272 g/mol. The molecule has 2 nitrogen and oxygen atoms in total. The fourth-order valence-electron chi connectivity index (χ4n) is 2.71. The number of rotatable bonds is 5. The molecule has 0 amide bonds. The molecule has 1 unspecified atom stereocenters. The molecule has 1 aromatic carbocycles. The van der Waals surface area contributed by atoms with Crippen LogP contribution in [0.5, 0.6) is 5.75 Å². The minimum Gasteiger partial charge on any atom is -0.462 e. The zero-order chi connectivity index (χ0) is 16.4. The molecule has 1 aliphatic rings. The number of benzene rings is 1. The SMILES string of the molecule is C=C(C)c1ccc(OC(C)(OC2CCCC2)C(C)(C)C)cc1. The first-order chi connectivity index (χ1) is 10.2. The van der Waals surface area contributed by atoms with E-state index in [2.05, 4.69) is 46.4 Å². The van der Waals surface area contributed by atoms with E-state index in [1.807, 2.05) is 19.1 Å². The van der Waals surface area contributed by atoms with Crippen molar-refractivity contribution in [3.63, 3.8) is 0 Å². The summed E-state index contributed by atoms with van der Waals surface area (Å²) in [6, 6.07) is 8.12. The van der Waals surface area contributed by atoms with Crippen molar-refractivity contribution in [2.45, 2.75) is 72.2 Å². The third kappa shape index (κ3) is 3.92. The van der Waals surface area contributed by atoms with E-state index in [-0.39, 0.29) is 5.41 Å². The number of hydrogen-bond acceptors (Lipinski definition) is 2. The highest BCUT2D eigenvalue weighted by molar-refractivity contribution is 5.61. The Kier molecular flexibility index (Phi) is 5.01. The predicted octanol–water partition coefficient (Wildman–Crippen LogP) is 5.82. The Balaban J connectivity index is 2.16. The molecule has 1 atom stereocenters. The fraction of sp³-hybridized carbons (Fsp3) is 0.600. The quantitative estimate of drug-likeness (QED) is 0.638. The zero-order valence-electron chi connectivity index (χ0n) is 14.7. The van der Waals surface area contributed by atoms with Gasteiger partial charge in [-0.2, -0.15) is 0 Å². The molecule has 0 saturated heterocycles. The molecule has 0 radical (unpaired) electrons. The highest BCUT2D eigenvalue weighted by Gasteiger charge is 2.43. The first-order valence-electron chi connectivity index (χ1n) is 8.34. The highest BCUT2D eigenvalue weighted by atomic mass is 16.7. The summed E-state index contributed by atoms with van der Waals surface area (Å²) in [5, 5.41) is 0. The average molecular weight is 302 g/mol. The molecule has 1 aliphatic carbocycles. The highest BCUT2D eigenvalue weighted by Crippen LogP contribution is 2.39. The zero-order valence-corrected chi connectivity index (χ0v) is 14.7. The first-order valence-corrected chi connectivity index (χ1v) is 8.34. The summed E-state index contributed by atoms with van der Waals surface area (Å²) in [4.78, 5) is 0. The van der Waals surface area contributed by atoms with E-state index in [1.165, 1.54) is 12.8 Å². The Hall–Kier alpha value is -1.28. The lowest BCUT2D eigenvalue weighted by atomic mass is 9.86. The van der Waals surface area contributed by atoms with Gasteiger partial charge < -0.3 is 9.47 Å². The average Bonchev–Trinajstić information content (AvgIpc) is 2.90. The van der Waals surface area contributed by atoms with E-state index >= 15 is 0 Å². The van der Waals surface area contributed by atoms with E-state index in [9.17, 15) is 0 Å². The largest absolute Gasteiger partial charge is 0.462 e. The lowest BCUT2D eigenvalue weighted by Gasteiger charge is -2.43. The third-order valence-corrected chi connectivity index (χ3v) is 4.72. The van der Waals surface area contributed by atoms with Gasteiger partial charge in [0.15, 0.2) is 0 Å². The van der Waals surface area contributed by atoms with E-state index < -0.39 is 5.79 Å².